The van der Waals surface area contributed by atoms with E-state index in [2.05, 4.69) is 5.32 Å². The minimum Gasteiger partial charge on any atom is -0.455 e. The molecule has 1 aliphatic heterocycles. The average Bonchev–Trinajstić information content (AvgIpc) is 2.77. The van der Waals surface area contributed by atoms with Gasteiger partial charge in [-0.25, -0.2) is 4.79 Å². The van der Waals surface area contributed by atoms with Crippen LogP contribution < -0.4 is 5.32 Å². The first-order valence-electron chi connectivity index (χ1n) is 10.8. The number of amides is 2. The van der Waals surface area contributed by atoms with Gasteiger partial charge in [0.1, 0.15) is 5.60 Å². The first kappa shape index (κ1) is 23.3. The predicted molar refractivity (Wildman–Crippen MR) is 122 cm³/mol. The third-order valence-electron chi connectivity index (χ3n) is 5.11. The van der Waals surface area contributed by atoms with Crippen LogP contribution in [0.5, 0.6) is 0 Å². The fraction of sp³-hybridized carbons (Fsp3) is 0.400. The van der Waals surface area contributed by atoms with Crippen LogP contribution in [-0.2, 0) is 19.1 Å². The Labute approximate surface area is 188 Å². The number of carbonyl (C=O) groups is 3. The Morgan fingerprint density at radius 2 is 1.59 bits per heavy atom. The number of nitrogens with zero attached hydrogens (tertiary/aromatic N) is 1. The highest BCUT2D eigenvalue weighted by molar-refractivity contribution is 5.97. The van der Waals surface area contributed by atoms with Crippen LogP contribution in [0.2, 0.25) is 0 Å². The molecule has 1 saturated heterocycles. The Morgan fingerprint density at radius 1 is 0.969 bits per heavy atom. The lowest BCUT2D eigenvalue weighted by Gasteiger charge is -2.32. The van der Waals surface area contributed by atoms with E-state index in [1.165, 1.54) is 0 Å². The average molecular weight is 439 g/mol. The van der Waals surface area contributed by atoms with E-state index < -0.39 is 17.5 Å². The summed E-state index contributed by atoms with van der Waals surface area (Å²) >= 11 is 0. The van der Waals surface area contributed by atoms with Gasteiger partial charge >= 0.3 is 12.1 Å². The summed E-state index contributed by atoms with van der Waals surface area (Å²) in [6.45, 7) is 5.94. The van der Waals surface area contributed by atoms with Gasteiger partial charge < -0.3 is 19.7 Å². The molecule has 0 aromatic heterocycles. The van der Waals surface area contributed by atoms with E-state index in [9.17, 15) is 14.4 Å². The van der Waals surface area contributed by atoms with Gasteiger partial charge in [0.05, 0.1) is 5.92 Å². The van der Waals surface area contributed by atoms with E-state index >= 15 is 0 Å². The summed E-state index contributed by atoms with van der Waals surface area (Å²) in [6, 6.07) is 17.2. The normalized spacial score (nSPS) is 14.5. The van der Waals surface area contributed by atoms with Crippen molar-refractivity contribution in [2.24, 2.45) is 5.92 Å². The Hall–Kier alpha value is -3.35. The molecule has 2 aromatic carbocycles. The first-order valence-corrected chi connectivity index (χ1v) is 10.8. The molecule has 170 valence electrons. The largest absolute Gasteiger partial charge is 0.455 e. The van der Waals surface area contributed by atoms with E-state index in [4.69, 9.17) is 9.47 Å². The molecule has 2 amide bonds. The van der Waals surface area contributed by atoms with Gasteiger partial charge in [0, 0.05) is 24.3 Å². The molecular weight excluding hydrogens is 408 g/mol. The first-order chi connectivity index (χ1) is 15.2. The second kappa shape index (κ2) is 10.3. The summed E-state index contributed by atoms with van der Waals surface area (Å²) < 4.78 is 10.6. The molecule has 0 bridgehead atoms. The van der Waals surface area contributed by atoms with E-state index in [0.29, 0.717) is 31.6 Å². The minimum atomic E-state index is -0.556. The summed E-state index contributed by atoms with van der Waals surface area (Å²) in [7, 11) is 0. The Bertz CT molecular complexity index is 944. The standard InChI is InChI=1S/C25H30N2O5/c1-25(2,3)32-24(30)27-15-13-19(14-16-27)23(29)31-17-22(28)26-21-12-8-7-11-20(21)18-9-5-4-6-10-18/h4-12,19H,13-17H2,1-3H3,(H,26,28). The zero-order valence-corrected chi connectivity index (χ0v) is 18.8. The summed E-state index contributed by atoms with van der Waals surface area (Å²) in [4.78, 5) is 38.6. The molecule has 0 spiro atoms. The fourth-order valence-corrected chi connectivity index (χ4v) is 3.53. The minimum absolute atomic E-state index is 0.335. The molecule has 3 rings (SSSR count). The van der Waals surface area contributed by atoms with Gasteiger partial charge in [0.2, 0.25) is 0 Å². The quantitative estimate of drug-likeness (QED) is 0.696. The summed E-state index contributed by atoms with van der Waals surface area (Å²) in [5.74, 6) is -1.15. The number of esters is 1. The molecule has 1 fully saturated rings. The van der Waals surface area contributed by atoms with Crippen LogP contribution in [0.15, 0.2) is 54.6 Å². The van der Waals surface area contributed by atoms with Crippen LogP contribution in [0.4, 0.5) is 10.5 Å². The van der Waals surface area contributed by atoms with Gasteiger partial charge in [-0.2, -0.15) is 0 Å². The van der Waals surface area contributed by atoms with E-state index in [-0.39, 0.29) is 18.6 Å². The molecule has 0 unspecified atom stereocenters. The van der Waals surface area contributed by atoms with Crippen LogP contribution in [-0.4, -0.2) is 48.2 Å². The Kier molecular flexibility index (Phi) is 7.51. The van der Waals surface area contributed by atoms with Crippen molar-refractivity contribution >= 4 is 23.7 Å². The fourth-order valence-electron chi connectivity index (χ4n) is 3.53. The van der Waals surface area contributed by atoms with Crippen LogP contribution in [0.3, 0.4) is 0 Å². The van der Waals surface area contributed by atoms with Gasteiger partial charge in [-0.1, -0.05) is 48.5 Å². The number of carbonyl (C=O) groups excluding carboxylic acids is 3. The summed E-state index contributed by atoms with van der Waals surface area (Å²) in [6.07, 6.45) is 0.591. The number of benzene rings is 2. The third kappa shape index (κ3) is 6.57. The molecule has 1 heterocycles. The van der Waals surface area contributed by atoms with Crippen molar-refractivity contribution in [2.45, 2.75) is 39.2 Å². The summed E-state index contributed by atoms with van der Waals surface area (Å²) in [5.41, 5.74) is 1.98. The summed E-state index contributed by atoms with van der Waals surface area (Å²) in [5, 5.41) is 2.83. The van der Waals surface area contributed by atoms with Crippen molar-refractivity contribution in [3.63, 3.8) is 0 Å². The molecule has 7 nitrogen and oxygen atoms in total. The molecule has 0 atom stereocenters. The number of rotatable bonds is 5. The number of anilines is 1. The van der Waals surface area contributed by atoms with Crippen LogP contribution in [0, 0.1) is 5.92 Å². The van der Waals surface area contributed by atoms with Crippen LogP contribution >= 0.6 is 0 Å². The number of hydrogen-bond acceptors (Lipinski definition) is 5. The molecule has 0 saturated carbocycles. The highest BCUT2D eigenvalue weighted by Gasteiger charge is 2.31. The molecular formula is C25H30N2O5. The number of likely N-dealkylation sites (tertiary alicyclic amines) is 1. The third-order valence-corrected chi connectivity index (χ3v) is 5.11. The lowest BCUT2D eigenvalue weighted by molar-refractivity contribution is -0.153. The van der Waals surface area contributed by atoms with E-state index in [1.54, 1.807) is 4.90 Å². The highest BCUT2D eigenvalue weighted by Crippen LogP contribution is 2.27. The number of piperidine rings is 1. The monoisotopic (exact) mass is 438 g/mol. The van der Waals surface area contributed by atoms with Gasteiger partial charge in [-0.15, -0.1) is 0 Å². The molecule has 0 aliphatic carbocycles. The van der Waals surface area contributed by atoms with Gasteiger partial charge in [0.25, 0.3) is 5.91 Å². The second-order valence-corrected chi connectivity index (χ2v) is 8.81. The molecule has 0 radical (unpaired) electrons. The van der Waals surface area contributed by atoms with Crippen LogP contribution in [0.25, 0.3) is 11.1 Å². The Morgan fingerprint density at radius 3 is 2.25 bits per heavy atom. The van der Waals surface area contributed by atoms with Gasteiger partial charge in [-0.05, 0) is 45.2 Å². The number of nitrogens with one attached hydrogen (secondary N) is 1. The van der Waals surface area contributed by atoms with Crippen molar-refractivity contribution in [1.82, 2.24) is 4.90 Å². The number of ether oxygens (including phenoxy) is 2. The highest BCUT2D eigenvalue weighted by atomic mass is 16.6. The zero-order valence-electron chi connectivity index (χ0n) is 18.8. The lowest BCUT2D eigenvalue weighted by atomic mass is 9.97. The predicted octanol–water partition coefficient (Wildman–Crippen LogP) is 4.48. The van der Waals surface area contributed by atoms with Crippen molar-refractivity contribution < 1.29 is 23.9 Å². The zero-order chi connectivity index (χ0) is 23.1. The van der Waals surface area contributed by atoms with Crippen molar-refractivity contribution in [2.75, 3.05) is 25.0 Å². The number of para-hydroxylation sites is 1. The van der Waals surface area contributed by atoms with Gasteiger partial charge in [0.15, 0.2) is 6.61 Å². The van der Waals surface area contributed by atoms with Crippen molar-refractivity contribution in [1.29, 1.82) is 0 Å². The maximum atomic E-state index is 12.4. The number of hydrogen-bond donors (Lipinski definition) is 1. The van der Waals surface area contributed by atoms with E-state index in [0.717, 1.165) is 11.1 Å². The maximum absolute atomic E-state index is 12.4. The molecule has 2 aromatic rings. The van der Waals surface area contributed by atoms with E-state index in [1.807, 2.05) is 75.4 Å². The topological polar surface area (TPSA) is 84.9 Å². The maximum Gasteiger partial charge on any atom is 0.410 e. The SMILES string of the molecule is CC(C)(C)OC(=O)N1CCC(C(=O)OCC(=O)Nc2ccccc2-c2ccccc2)CC1. The molecule has 32 heavy (non-hydrogen) atoms. The molecule has 7 heteroatoms. The van der Waals surface area contributed by atoms with Crippen LogP contribution in [0.1, 0.15) is 33.6 Å². The smallest absolute Gasteiger partial charge is 0.410 e. The van der Waals surface area contributed by atoms with Crippen molar-refractivity contribution in [3.8, 4) is 11.1 Å². The molecule has 1 N–H and O–H groups in total. The Balaban J connectivity index is 1.47. The second-order valence-electron chi connectivity index (χ2n) is 8.81. The van der Waals surface area contributed by atoms with Gasteiger partial charge in [-0.3, -0.25) is 9.59 Å². The van der Waals surface area contributed by atoms with Crippen molar-refractivity contribution in [3.05, 3.63) is 54.6 Å². The molecule has 1 aliphatic rings. The lowest BCUT2D eigenvalue weighted by Crippen LogP contribution is -2.43.